The molecule has 2 aromatic carbocycles. The van der Waals surface area contributed by atoms with Crippen LogP contribution in [0.1, 0.15) is 11.1 Å². The summed E-state index contributed by atoms with van der Waals surface area (Å²) < 4.78 is 13.1. The summed E-state index contributed by atoms with van der Waals surface area (Å²) in [5.74, 6) is 3.03. The molecular formula is C30H23N9O2. The molecule has 0 saturated heterocycles. The van der Waals surface area contributed by atoms with Gasteiger partial charge in [-0.25, -0.2) is 14.5 Å². The zero-order valence-electron chi connectivity index (χ0n) is 22.1. The molecule has 0 unspecified atom stereocenters. The molecule has 41 heavy (non-hydrogen) atoms. The molecule has 11 heteroatoms. The number of hydrogen-bond acceptors (Lipinski definition) is 10. The standard InChI is InChI=1S/C30H23N9O2/c1-20-24(39(27-17-32-11-13-34-27)28-18-33-12-14-35-28)19-38-30(20)29(21(15-31)16-36-38)37-22-7-9-23(10-8-22)41-26-6-4-3-5-25(26)40-2/h3-14,16-19,37H,1-2H3. The smallest absolute Gasteiger partial charge is 0.169 e. The number of hydrogen-bond donors (Lipinski definition) is 1. The van der Waals surface area contributed by atoms with Crippen LogP contribution >= 0.6 is 0 Å². The summed E-state index contributed by atoms with van der Waals surface area (Å²) in [5.41, 5.74) is 4.12. The van der Waals surface area contributed by atoms with Gasteiger partial charge in [0, 0.05) is 36.0 Å². The molecule has 0 bridgehead atoms. The van der Waals surface area contributed by atoms with Gasteiger partial charge in [0.25, 0.3) is 0 Å². The highest BCUT2D eigenvalue weighted by atomic mass is 16.5. The van der Waals surface area contributed by atoms with Crippen LogP contribution in [0.25, 0.3) is 5.52 Å². The van der Waals surface area contributed by atoms with Crippen LogP contribution in [0.5, 0.6) is 17.2 Å². The number of methoxy groups -OCH3 is 1. The second-order valence-corrected chi connectivity index (χ2v) is 8.84. The van der Waals surface area contributed by atoms with Crippen LogP contribution in [-0.4, -0.2) is 36.7 Å². The zero-order valence-corrected chi connectivity index (χ0v) is 22.1. The van der Waals surface area contributed by atoms with Gasteiger partial charge < -0.3 is 14.8 Å². The number of nitriles is 1. The lowest BCUT2D eigenvalue weighted by Gasteiger charge is -2.21. The van der Waals surface area contributed by atoms with Gasteiger partial charge in [-0.2, -0.15) is 10.4 Å². The molecule has 0 atom stereocenters. The van der Waals surface area contributed by atoms with Crippen molar-refractivity contribution in [2.45, 2.75) is 6.92 Å². The van der Waals surface area contributed by atoms with Crippen LogP contribution in [-0.2, 0) is 0 Å². The summed E-state index contributed by atoms with van der Waals surface area (Å²) in [6.07, 6.45) is 13.1. The van der Waals surface area contributed by atoms with E-state index in [1.807, 2.05) is 66.6 Å². The van der Waals surface area contributed by atoms with Gasteiger partial charge in [-0.15, -0.1) is 0 Å². The van der Waals surface area contributed by atoms with Crippen LogP contribution in [0, 0.1) is 18.3 Å². The van der Waals surface area contributed by atoms with E-state index in [1.54, 1.807) is 48.8 Å². The number of rotatable bonds is 8. The number of nitrogens with zero attached hydrogens (tertiary/aromatic N) is 8. The van der Waals surface area contributed by atoms with Gasteiger partial charge in [0.05, 0.1) is 54.4 Å². The molecule has 0 amide bonds. The summed E-state index contributed by atoms with van der Waals surface area (Å²) in [4.78, 5) is 19.3. The third-order valence-corrected chi connectivity index (χ3v) is 6.37. The number of benzene rings is 2. The molecule has 6 rings (SSSR count). The average molecular weight is 542 g/mol. The van der Waals surface area contributed by atoms with E-state index < -0.39 is 0 Å². The fourth-order valence-electron chi connectivity index (χ4n) is 4.47. The number of ether oxygens (including phenoxy) is 2. The van der Waals surface area contributed by atoms with Crippen LogP contribution < -0.4 is 19.7 Å². The fraction of sp³-hybridized carbons (Fsp3) is 0.0667. The van der Waals surface area contributed by atoms with Crippen molar-refractivity contribution in [1.29, 1.82) is 5.26 Å². The molecule has 0 radical (unpaired) electrons. The Morgan fingerprint density at radius 2 is 1.56 bits per heavy atom. The second-order valence-electron chi connectivity index (χ2n) is 8.84. The van der Waals surface area contributed by atoms with Gasteiger partial charge in [-0.1, -0.05) is 12.1 Å². The van der Waals surface area contributed by atoms with E-state index in [-0.39, 0.29) is 0 Å². The molecule has 0 fully saturated rings. The normalized spacial score (nSPS) is 10.7. The molecule has 200 valence electrons. The Morgan fingerprint density at radius 3 is 2.17 bits per heavy atom. The fourth-order valence-corrected chi connectivity index (χ4v) is 4.47. The molecule has 0 saturated carbocycles. The largest absolute Gasteiger partial charge is 0.493 e. The van der Waals surface area contributed by atoms with Crippen molar-refractivity contribution >= 4 is 34.2 Å². The summed E-state index contributed by atoms with van der Waals surface area (Å²) in [6.45, 7) is 1.96. The predicted octanol–water partition coefficient (Wildman–Crippen LogP) is 6.11. The quantitative estimate of drug-likeness (QED) is 0.241. The van der Waals surface area contributed by atoms with E-state index in [9.17, 15) is 5.26 Å². The zero-order chi connectivity index (χ0) is 28.2. The first kappa shape index (κ1) is 25.3. The van der Waals surface area contributed by atoms with E-state index in [0.717, 1.165) is 22.5 Å². The third-order valence-electron chi connectivity index (χ3n) is 6.37. The maximum atomic E-state index is 9.96. The Bertz CT molecular complexity index is 1810. The monoisotopic (exact) mass is 541 g/mol. The van der Waals surface area contributed by atoms with Gasteiger partial charge in [0.1, 0.15) is 11.8 Å². The van der Waals surface area contributed by atoms with Crippen LogP contribution in [0.15, 0.2) is 98.1 Å². The predicted molar refractivity (Wildman–Crippen MR) is 153 cm³/mol. The topological polar surface area (TPSA) is 126 Å². The third kappa shape index (κ3) is 4.93. The highest BCUT2D eigenvalue weighted by Gasteiger charge is 2.23. The van der Waals surface area contributed by atoms with Gasteiger partial charge >= 0.3 is 0 Å². The van der Waals surface area contributed by atoms with Crippen molar-refractivity contribution in [2.75, 3.05) is 17.3 Å². The second kappa shape index (κ2) is 11.0. The number of anilines is 5. The molecule has 0 aliphatic rings. The minimum absolute atomic E-state index is 0.394. The first-order valence-corrected chi connectivity index (χ1v) is 12.6. The minimum atomic E-state index is 0.394. The first-order valence-electron chi connectivity index (χ1n) is 12.6. The maximum Gasteiger partial charge on any atom is 0.169 e. The lowest BCUT2D eigenvalue weighted by atomic mass is 10.1. The summed E-state index contributed by atoms with van der Waals surface area (Å²) in [5, 5.41) is 17.9. The number of para-hydroxylation sites is 2. The van der Waals surface area contributed by atoms with Crippen LogP contribution in [0.2, 0.25) is 0 Å². The molecule has 1 N–H and O–H groups in total. The van der Waals surface area contributed by atoms with Crippen LogP contribution in [0.4, 0.5) is 28.7 Å². The lowest BCUT2D eigenvalue weighted by molar-refractivity contribution is 0.379. The Hall–Kier alpha value is -6.02. The highest BCUT2D eigenvalue weighted by molar-refractivity contribution is 5.90. The van der Waals surface area contributed by atoms with E-state index in [2.05, 4.69) is 36.4 Å². The van der Waals surface area contributed by atoms with Crippen molar-refractivity contribution in [1.82, 2.24) is 29.5 Å². The van der Waals surface area contributed by atoms with Crippen molar-refractivity contribution in [2.24, 2.45) is 0 Å². The van der Waals surface area contributed by atoms with Crippen molar-refractivity contribution in [3.63, 3.8) is 0 Å². The molecule has 6 aromatic rings. The minimum Gasteiger partial charge on any atom is -0.493 e. The highest BCUT2D eigenvalue weighted by Crippen LogP contribution is 2.39. The van der Waals surface area contributed by atoms with Gasteiger partial charge in [0.2, 0.25) is 0 Å². The molecule has 0 aliphatic carbocycles. The van der Waals surface area contributed by atoms with E-state index in [1.165, 1.54) is 6.20 Å². The average Bonchev–Trinajstić information content (AvgIpc) is 3.35. The van der Waals surface area contributed by atoms with E-state index in [4.69, 9.17) is 9.47 Å². The van der Waals surface area contributed by atoms with Crippen molar-refractivity contribution in [3.8, 4) is 23.3 Å². The summed E-state index contributed by atoms with van der Waals surface area (Å²) in [6, 6.07) is 17.2. The maximum absolute atomic E-state index is 9.96. The lowest BCUT2D eigenvalue weighted by Crippen LogP contribution is -2.13. The molecule has 11 nitrogen and oxygen atoms in total. The Balaban J connectivity index is 1.39. The van der Waals surface area contributed by atoms with Crippen molar-refractivity contribution in [3.05, 3.63) is 109 Å². The molecular weight excluding hydrogens is 518 g/mol. The number of aryl methyl sites for hydroxylation is 1. The van der Waals surface area contributed by atoms with Crippen molar-refractivity contribution < 1.29 is 9.47 Å². The van der Waals surface area contributed by atoms with Gasteiger partial charge in [0.15, 0.2) is 23.1 Å². The Kier molecular flexibility index (Phi) is 6.78. The van der Waals surface area contributed by atoms with E-state index in [0.29, 0.717) is 40.1 Å². The van der Waals surface area contributed by atoms with Crippen LogP contribution in [0.3, 0.4) is 0 Å². The van der Waals surface area contributed by atoms with Gasteiger partial charge in [-0.3, -0.25) is 14.9 Å². The summed E-state index contributed by atoms with van der Waals surface area (Å²) in [7, 11) is 1.60. The molecule has 4 heterocycles. The Labute approximate surface area is 235 Å². The molecule has 4 aromatic heterocycles. The van der Waals surface area contributed by atoms with E-state index >= 15 is 0 Å². The number of fused-ring (bicyclic) bond motifs is 1. The SMILES string of the molecule is COc1ccccc1Oc1ccc(Nc2c(C#N)cnn3cc(N(c4cnccn4)c4cnccn4)c(C)c23)cc1. The number of aromatic nitrogens is 6. The summed E-state index contributed by atoms with van der Waals surface area (Å²) >= 11 is 0. The Morgan fingerprint density at radius 1 is 0.878 bits per heavy atom. The van der Waals surface area contributed by atoms with Gasteiger partial charge in [-0.05, 0) is 43.3 Å². The molecule has 0 spiro atoms. The number of nitrogens with one attached hydrogen (secondary N) is 1. The molecule has 0 aliphatic heterocycles. The first-order chi connectivity index (χ1) is 20.2.